The van der Waals surface area contributed by atoms with Crippen LogP contribution in [0.4, 0.5) is 10.1 Å². The van der Waals surface area contributed by atoms with Gasteiger partial charge in [0.2, 0.25) is 0 Å². The number of carbonyl (C=O) groups is 1. The van der Waals surface area contributed by atoms with Crippen LogP contribution in [0.2, 0.25) is 0 Å². The number of nitrogens with zero attached hydrogens (tertiary/aromatic N) is 2. The van der Waals surface area contributed by atoms with Crippen molar-refractivity contribution < 1.29 is 22.3 Å². The first kappa shape index (κ1) is 24.7. The third kappa shape index (κ3) is 6.52. The number of aryl methyl sites for hydroxylation is 1. The van der Waals surface area contributed by atoms with Gasteiger partial charge in [0.05, 0.1) is 16.8 Å². The van der Waals surface area contributed by atoms with Gasteiger partial charge >= 0.3 is 0 Å². The van der Waals surface area contributed by atoms with E-state index in [1.54, 1.807) is 42.5 Å². The van der Waals surface area contributed by atoms with E-state index in [2.05, 4.69) is 17.1 Å². The standard InChI is InChI=1S/C25H24FN3O4S/c1-3-15-33-23-6-4-5-20(16-23)17-27-28-25(30)18-29(22-11-9-21(26)10-12-22)34(31,32)24-13-7-19(2)8-14-24/h3-14,16-17H,1,15,18H2,2H3,(H,28,30)/b27-17-. The summed E-state index contributed by atoms with van der Waals surface area (Å²) in [5, 5.41) is 3.91. The van der Waals surface area contributed by atoms with Crippen LogP contribution in [0.25, 0.3) is 0 Å². The molecular weight excluding hydrogens is 457 g/mol. The minimum atomic E-state index is -4.10. The normalized spacial score (nSPS) is 11.2. The predicted molar refractivity (Wildman–Crippen MR) is 130 cm³/mol. The number of anilines is 1. The number of nitrogens with one attached hydrogen (secondary N) is 1. The van der Waals surface area contributed by atoms with Crippen LogP contribution in [0.5, 0.6) is 5.75 Å². The summed E-state index contributed by atoms with van der Waals surface area (Å²) in [5.41, 5.74) is 4.04. The van der Waals surface area contributed by atoms with Gasteiger partial charge in [-0.25, -0.2) is 18.2 Å². The van der Waals surface area contributed by atoms with E-state index in [1.165, 1.54) is 30.5 Å². The quantitative estimate of drug-likeness (QED) is 0.269. The molecule has 0 radical (unpaired) electrons. The highest BCUT2D eigenvalue weighted by atomic mass is 32.2. The van der Waals surface area contributed by atoms with E-state index in [0.29, 0.717) is 17.9 Å². The summed E-state index contributed by atoms with van der Waals surface area (Å²) in [6, 6.07) is 18.1. The summed E-state index contributed by atoms with van der Waals surface area (Å²) in [6.07, 6.45) is 3.04. The molecule has 3 aromatic carbocycles. The minimum Gasteiger partial charge on any atom is -0.490 e. The second-order valence-corrected chi connectivity index (χ2v) is 9.13. The van der Waals surface area contributed by atoms with Crippen molar-refractivity contribution in [2.45, 2.75) is 11.8 Å². The van der Waals surface area contributed by atoms with Crippen molar-refractivity contribution in [3.05, 3.63) is 102 Å². The molecule has 9 heteroatoms. The van der Waals surface area contributed by atoms with Crippen molar-refractivity contribution in [2.75, 3.05) is 17.5 Å². The van der Waals surface area contributed by atoms with E-state index in [4.69, 9.17) is 4.74 Å². The van der Waals surface area contributed by atoms with Crippen LogP contribution < -0.4 is 14.5 Å². The maximum Gasteiger partial charge on any atom is 0.264 e. The Morgan fingerprint density at radius 3 is 2.50 bits per heavy atom. The lowest BCUT2D eigenvalue weighted by Crippen LogP contribution is -2.39. The highest BCUT2D eigenvalue weighted by Gasteiger charge is 2.27. The van der Waals surface area contributed by atoms with Crippen molar-refractivity contribution in [3.8, 4) is 5.75 Å². The number of benzene rings is 3. The molecule has 1 N–H and O–H groups in total. The van der Waals surface area contributed by atoms with E-state index < -0.39 is 28.3 Å². The fourth-order valence-electron chi connectivity index (χ4n) is 2.94. The van der Waals surface area contributed by atoms with Gasteiger partial charge in [-0.3, -0.25) is 9.10 Å². The summed E-state index contributed by atoms with van der Waals surface area (Å²) in [6.45, 7) is 5.23. The highest BCUT2D eigenvalue weighted by Crippen LogP contribution is 2.24. The topological polar surface area (TPSA) is 88.1 Å². The molecule has 0 heterocycles. The first-order chi connectivity index (χ1) is 16.3. The van der Waals surface area contributed by atoms with Gasteiger partial charge in [-0.1, -0.05) is 42.5 Å². The number of carbonyl (C=O) groups excluding carboxylic acids is 1. The van der Waals surface area contributed by atoms with Crippen molar-refractivity contribution in [1.82, 2.24) is 5.43 Å². The van der Waals surface area contributed by atoms with Crippen LogP contribution in [0.1, 0.15) is 11.1 Å². The van der Waals surface area contributed by atoms with Crippen LogP contribution in [0.3, 0.4) is 0 Å². The zero-order chi connectivity index (χ0) is 24.6. The summed E-state index contributed by atoms with van der Waals surface area (Å²) in [5.74, 6) is -0.582. The fraction of sp³-hybridized carbons (Fsp3) is 0.120. The van der Waals surface area contributed by atoms with Crippen molar-refractivity contribution in [1.29, 1.82) is 0 Å². The SMILES string of the molecule is C=CCOc1cccc(/C=N\NC(=O)CN(c2ccc(F)cc2)S(=O)(=O)c2ccc(C)cc2)c1. The third-order valence-electron chi connectivity index (χ3n) is 4.64. The number of rotatable bonds is 10. The first-order valence-corrected chi connectivity index (χ1v) is 11.7. The molecule has 0 aliphatic heterocycles. The Labute approximate surface area is 198 Å². The maximum absolute atomic E-state index is 13.4. The van der Waals surface area contributed by atoms with Gasteiger partial charge < -0.3 is 4.74 Å². The van der Waals surface area contributed by atoms with Gasteiger partial charge in [-0.15, -0.1) is 0 Å². The Hall–Kier alpha value is -3.98. The third-order valence-corrected chi connectivity index (χ3v) is 6.43. The largest absolute Gasteiger partial charge is 0.490 e. The van der Waals surface area contributed by atoms with E-state index in [0.717, 1.165) is 22.0 Å². The molecular formula is C25H24FN3O4S. The maximum atomic E-state index is 13.4. The van der Waals surface area contributed by atoms with Gasteiger partial charge in [0.15, 0.2) is 0 Å². The average molecular weight is 482 g/mol. The van der Waals surface area contributed by atoms with E-state index >= 15 is 0 Å². The number of hydrogen-bond donors (Lipinski definition) is 1. The molecule has 34 heavy (non-hydrogen) atoms. The Morgan fingerprint density at radius 2 is 1.82 bits per heavy atom. The molecule has 0 saturated heterocycles. The second kappa shape index (κ2) is 11.2. The molecule has 7 nitrogen and oxygen atoms in total. The lowest BCUT2D eigenvalue weighted by atomic mass is 10.2. The van der Waals surface area contributed by atoms with Crippen LogP contribution in [-0.4, -0.2) is 33.7 Å². The fourth-order valence-corrected chi connectivity index (χ4v) is 4.37. The number of hydrogen-bond acceptors (Lipinski definition) is 5. The first-order valence-electron chi connectivity index (χ1n) is 10.3. The molecule has 0 atom stereocenters. The number of halogens is 1. The molecule has 0 saturated carbocycles. The van der Waals surface area contributed by atoms with E-state index in [-0.39, 0.29) is 10.6 Å². The highest BCUT2D eigenvalue weighted by molar-refractivity contribution is 7.92. The zero-order valence-electron chi connectivity index (χ0n) is 18.5. The zero-order valence-corrected chi connectivity index (χ0v) is 19.3. The van der Waals surface area contributed by atoms with E-state index in [1.807, 2.05) is 6.92 Å². The summed E-state index contributed by atoms with van der Waals surface area (Å²) >= 11 is 0. The lowest BCUT2D eigenvalue weighted by Gasteiger charge is -2.23. The molecule has 0 aromatic heterocycles. The summed E-state index contributed by atoms with van der Waals surface area (Å²) in [4.78, 5) is 12.6. The van der Waals surface area contributed by atoms with Crippen LogP contribution in [0.15, 0.2) is 95.4 Å². The van der Waals surface area contributed by atoms with Crippen LogP contribution in [-0.2, 0) is 14.8 Å². The average Bonchev–Trinajstić information content (AvgIpc) is 2.82. The molecule has 3 aromatic rings. The number of ether oxygens (including phenoxy) is 1. The molecule has 3 rings (SSSR count). The Morgan fingerprint density at radius 1 is 1.12 bits per heavy atom. The summed E-state index contributed by atoms with van der Waals surface area (Å²) in [7, 11) is -4.10. The molecule has 0 aliphatic carbocycles. The van der Waals surface area contributed by atoms with Crippen LogP contribution >= 0.6 is 0 Å². The monoisotopic (exact) mass is 481 g/mol. The van der Waals surface area contributed by atoms with Gasteiger partial charge in [-0.05, 0) is 61.0 Å². The predicted octanol–water partition coefficient (Wildman–Crippen LogP) is 4.04. The van der Waals surface area contributed by atoms with Gasteiger partial charge in [0, 0.05) is 0 Å². The molecule has 0 aliphatic rings. The van der Waals surface area contributed by atoms with Crippen LogP contribution in [0, 0.1) is 12.7 Å². The van der Waals surface area contributed by atoms with E-state index in [9.17, 15) is 17.6 Å². The molecule has 176 valence electrons. The van der Waals surface area contributed by atoms with Crippen molar-refractivity contribution in [2.24, 2.45) is 5.10 Å². The van der Waals surface area contributed by atoms with Gasteiger partial charge in [0.25, 0.3) is 15.9 Å². The van der Waals surface area contributed by atoms with Crippen molar-refractivity contribution >= 4 is 27.8 Å². The smallest absolute Gasteiger partial charge is 0.264 e. The summed E-state index contributed by atoms with van der Waals surface area (Å²) < 4.78 is 46.3. The molecule has 0 bridgehead atoms. The van der Waals surface area contributed by atoms with Gasteiger partial charge in [0.1, 0.15) is 24.7 Å². The minimum absolute atomic E-state index is 0.00932. The second-order valence-electron chi connectivity index (χ2n) is 7.27. The number of sulfonamides is 1. The number of amides is 1. The Kier molecular flexibility index (Phi) is 8.15. The number of hydrazone groups is 1. The lowest BCUT2D eigenvalue weighted by molar-refractivity contribution is -0.119. The molecule has 0 unspecified atom stereocenters. The molecule has 0 spiro atoms. The van der Waals surface area contributed by atoms with Crippen molar-refractivity contribution in [3.63, 3.8) is 0 Å². The van der Waals surface area contributed by atoms with Gasteiger partial charge in [-0.2, -0.15) is 5.10 Å². The Bertz CT molecular complexity index is 1270. The Balaban J connectivity index is 1.78. The molecule has 1 amide bonds. The molecule has 0 fully saturated rings.